The summed E-state index contributed by atoms with van der Waals surface area (Å²) < 4.78 is 0. The smallest absolute Gasteiger partial charge is 0.293 e. The molecule has 0 heterocycles. The summed E-state index contributed by atoms with van der Waals surface area (Å²) in [5.41, 5.74) is 0.714. The number of nitro groups is 1. The number of carbonyl (C=O) groups excluding carboxylic acids is 1. The molecule has 1 saturated carbocycles. The number of nitro benzene ring substituents is 1. The predicted molar refractivity (Wildman–Crippen MR) is 72.6 cm³/mol. The van der Waals surface area contributed by atoms with Crippen LogP contribution >= 0.6 is 0 Å². The van der Waals surface area contributed by atoms with Crippen LogP contribution in [0.4, 0.5) is 11.4 Å². The van der Waals surface area contributed by atoms with E-state index in [0.29, 0.717) is 30.1 Å². The summed E-state index contributed by atoms with van der Waals surface area (Å²) >= 11 is 0. The minimum Gasteiger partial charge on any atom is -0.378 e. The zero-order valence-electron chi connectivity index (χ0n) is 10.8. The number of nitrogens with zero attached hydrogens (tertiary/aromatic N) is 2. The first-order valence-corrected chi connectivity index (χ1v) is 6.29. The first-order valence-electron chi connectivity index (χ1n) is 6.29. The van der Waals surface area contributed by atoms with E-state index in [0.717, 1.165) is 6.54 Å². The zero-order valence-corrected chi connectivity index (χ0v) is 10.8. The topological polar surface area (TPSA) is 75.5 Å². The summed E-state index contributed by atoms with van der Waals surface area (Å²) in [4.78, 5) is 23.3. The molecule has 0 aromatic heterocycles. The van der Waals surface area contributed by atoms with Gasteiger partial charge in [0.2, 0.25) is 0 Å². The van der Waals surface area contributed by atoms with Crippen molar-refractivity contribution in [1.82, 2.24) is 4.90 Å². The quantitative estimate of drug-likeness (QED) is 0.462. The average molecular weight is 263 g/mol. The Morgan fingerprint density at radius 1 is 1.53 bits per heavy atom. The van der Waals surface area contributed by atoms with Crippen molar-refractivity contribution >= 4 is 17.7 Å². The van der Waals surface area contributed by atoms with Crippen LogP contribution < -0.4 is 5.32 Å². The fourth-order valence-corrected chi connectivity index (χ4v) is 1.99. The second kappa shape index (κ2) is 5.79. The molecule has 6 nitrogen and oxygen atoms in total. The molecule has 1 fully saturated rings. The molecular weight excluding hydrogens is 246 g/mol. The minimum atomic E-state index is -0.472. The van der Waals surface area contributed by atoms with E-state index in [1.807, 2.05) is 0 Å². The van der Waals surface area contributed by atoms with Gasteiger partial charge in [-0.25, -0.2) is 0 Å². The molecule has 1 aliphatic carbocycles. The fourth-order valence-electron chi connectivity index (χ4n) is 1.99. The Bertz CT molecular complexity index is 486. The van der Waals surface area contributed by atoms with Crippen molar-refractivity contribution in [3.05, 3.63) is 33.9 Å². The first-order chi connectivity index (χ1) is 9.11. The van der Waals surface area contributed by atoms with E-state index in [4.69, 9.17) is 0 Å². The van der Waals surface area contributed by atoms with Crippen molar-refractivity contribution in [2.75, 3.05) is 25.5 Å². The molecule has 0 bridgehead atoms. The van der Waals surface area contributed by atoms with Gasteiger partial charge in [0.15, 0.2) is 0 Å². The van der Waals surface area contributed by atoms with Crippen molar-refractivity contribution in [1.29, 1.82) is 0 Å². The van der Waals surface area contributed by atoms with Gasteiger partial charge in [-0.3, -0.25) is 14.9 Å². The molecule has 0 saturated heterocycles. The van der Waals surface area contributed by atoms with E-state index in [2.05, 4.69) is 17.3 Å². The van der Waals surface area contributed by atoms with Gasteiger partial charge in [0.05, 0.1) is 4.92 Å². The highest BCUT2D eigenvalue weighted by atomic mass is 16.6. The lowest BCUT2D eigenvalue weighted by Crippen LogP contribution is -2.27. The van der Waals surface area contributed by atoms with Gasteiger partial charge < -0.3 is 10.2 Å². The maximum absolute atomic E-state index is 10.9. The Morgan fingerprint density at radius 2 is 2.26 bits per heavy atom. The predicted octanol–water partition coefficient (Wildman–Crippen LogP) is 1.91. The summed E-state index contributed by atoms with van der Waals surface area (Å²) in [5.74, 6) is 0. The summed E-state index contributed by atoms with van der Waals surface area (Å²) in [6.07, 6.45) is 3.09. The monoisotopic (exact) mass is 263 g/mol. The molecule has 6 heteroatoms. The summed E-state index contributed by atoms with van der Waals surface area (Å²) in [5, 5.41) is 14.0. The highest BCUT2D eigenvalue weighted by Crippen LogP contribution is 2.26. The van der Waals surface area contributed by atoms with Gasteiger partial charge >= 0.3 is 0 Å². The van der Waals surface area contributed by atoms with Gasteiger partial charge in [-0.1, -0.05) is 0 Å². The van der Waals surface area contributed by atoms with E-state index in [1.54, 1.807) is 12.1 Å². The SMILES string of the molecule is CN(CCNc1ccc(C=O)cc1[N+](=O)[O-])C1CC1. The summed E-state index contributed by atoms with van der Waals surface area (Å²) in [7, 11) is 2.06. The van der Waals surface area contributed by atoms with Gasteiger partial charge in [-0.05, 0) is 32.0 Å². The Kier molecular flexibility index (Phi) is 4.11. The van der Waals surface area contributed by atoms with Crippen LogP contribution in [-0.2, 0) is 0 Å². The van der Waals surface area contributed by atoms with Crippen molar-refractivity contribution in [2.24, 2.45) is 0 Å². The van der Waals surface area contributed by atoms with Crippen LogP contribution in [0.5, 0.6) is 0 Å². The molecular formula is C13H17N3O3. The molecule has 0 amide bonds. The van der Waals surface area contributed by atoms with Crippen LogP contribution in [0.2, 0.25) is 0 Å². The molecule has 0 spiro atoms. The Labute approximate surface area is 111 Å². The van der Waals surface area contributed by atoms with Crippen molar-refractivity contribution in [3.8, 4) is 0 Å². The van der Waals surface area contributed by atoms with Crippen LogP contribution in [0.3, 0.4) is 0 Å². The van der Waals surface area contributed by atoms with Gasteiger partial charge in [0.25, 0.3) is 5.69 Å². The lowest BCUT2D eigenvalue weighted by molar-refractivity contribution is -0.384. The van der Waals surface area contributed by atoms with E-state index >= 15 is 0 Å². The molecule has 19 heavy (non-hydrogen) atoms. The normalized spacial score (nSPS) is 14.4. The number of carbonyl (C=O) groups is 1. The van der Waals surface area contributed by atoms with Crippen LogP contribution in [0, 0.1) is 10.1 Å². The van der Waals surface area contributed by atoms with Crippen molar-refractivity contribution < 1.29 is 9.72 Å². The van der Waals surface area contributed by atoms with Gasteiger partial charge in [0, 0.05) is 30.8 Å². The standard InChI is InChI=1S/C13H17N3O3/c1-15(11-3-4-11)7-6-14-12-5-2-10(9-17)8-13(12)16(18)19/h2,5,8-9,11,14H,3-4,6-7H2,1H3. The van der Waals surface area contributed by atoms with Crippen molar-refractivity contribution in [3.63, 3.8) is 0 Å². The van der Waals surface area contributed by atoms with E-state index < -0.39 is 4.92 Å². The molecule has 1 aliphatic rings. The number of hydrogen-bond acceptors (Lipinski definition) is 5. The molecule has 0 atom stereocenters. The van der Waals surface area contributed by atoms with Gasteiger partial charge in [0.1, 0.15) is 12.0 Å². The van der Waals surface area contributed by atoms with Gasteiger partial charge in [-0.15, -0.1) is 0 Å². The molecule has 1 N–H and O–H groups in total. The average Bonchev–Trinajstić information content (AvgIpc) is 3.23. The largest absolute Gasteiger partial charge is 0.378 e. The fraction of sp³-hybridized carbons (Fsp3) is 0.462. The van der Waals surface area contributed by atoms with Crippen LogP contribution in [-0.4, -0.2) is 42.3 Å². The number of benzene rings is 1. The minimum absolute atomic E-state index is 0.0568. The molecule has 1 aromatic carbocycles. The third kappa shape index (κ3) is 3.51. The second-order valence-electron chi connectivity index (χ2n) is 4.79. The Morgan fingerprint density at radius 3 is 2.84 bits per heavy atom. The second-order valence-corrected chi connectivity index (χ2v) is 4.79. The number of rotatable bonds is 7. The molecule has 0 radical (unpaired) electrons. The lowest BCUT2D eigenvalue weighted by atomic mass is 10.2. The van der Waals surface area contributed by atoms with E-state index in [1.165, 1.54) is 18.9 Å². The zero-order chi connectivity index (χ0) is 13.8. The van der Waals surface area contributed by atoms with Crippen molar-refractivity contribution in [2.45, 2.75) is 18.9 Å². The van der Waals surface area contributed by atoms with Crippen LogP contribution in [0.15, 0.2) is 18.2 Å². The summed E-state index contributed by atoms with van der Waals surface area (Å²) in [6.45, 7) is 1.49. The third-order valence-electron chi connectivity index (χ3n) is 3.30. The van der Waals surface area contributed by atoms with Gasteiger partial charge in [-0.2, -0.15) is 0 Å². The van der Waals surface area contributed by atoms with Crippen LogP contribution in [0.1, 0.15) is 23.2 Å². The number of nitrogens with one attached hydrogen (secondary N) is 1. The first kappa shape index (κ1) is 13.5. The van der Waals surface area contributed by atoms with E-state index in [9.17, 15) is 14.9 Å². The highest BCUT2D eigenvalue weighted by Gasteiger charge is 2.25. The maximum atomic E-state index is 10.9. The third-order valence-corrected chi connectivity index (χ3v) is 3.30. The highest BCUT2D eigenvalue weighted by molar-refractivity contribution is 5.79. The molecule has 102 valence electrons. The lowest BCUT2D eigenvalue weighted by Gasteiger charge is -2.16. The number of anilines is 1. The molecule has 0 aliphatic heterocycles. The molecule has 1 aromatic rings. The Hall–Kier alpha value is -1.95. The van der Waals surface area contributed by atoms with Crippen LogP contribution in [0.25, 0.3) is 0 Å². The Balaban J connectivity index is 1.98. The van der Waals surface area contributed by atoms with E-state index in [-0.39, 0.29) is 5.69 Å². The number of likely N-dealkylation sites (N-methyl/N-ethyl adjacent to an activating group) is 1. The maximum Gasteiger partial charge on any atom is 0.293 e. The number of aldehydes is 1. The summed E-state index contributed by atoms with van der Waals surface area (Å²) in [6, 6.07) is 5.13. The molecule has 2 rings (SSSR count). The number of hydrogen-bond donors (Lipinski definition) is 1. The molecule has 0 unspecified atom stereocenters.